The molecule has 0 saturated heterocycles. The maximum Gasteiger partial charge on any atom is 0.319 e. The van der Waals surface area contributed by atoms with Crippen molar-refractivity contribution in [2.75, 3.05) is 6.61 Å². The zero-order chi connectivity index (χ0) is 18.0. The number of aryl methyl sites for hydroxylation is 1. The predicted molar refractivity (Wildman–Crippen MR) is 96.2 cm³/mol. The molecule has 0 spiro atoms. The number of benzene rings is 1. The van der Waals surface area contributed by atoms with Gasteiger partial charge >= 0.3 is 5.97 Å². The van der Waals surface area contributed by atoms with E-state index in [0.717, 1.165) is 23.0 Å². The first-order chi connectivity index (χ1) is 12.0. The van der Waals surface area contributed by atoms with Gasteiger partial charge in [-0.05, 0) is 32.9 Å². The van der Waals surface area contributed by atoms with Crippen molar-refractivity contribution in [2.45, 2.75) is 31.2 Å². The van der Waals surface area contributed by atoms with Gasteiger partial charge in [-0.15, -0.1) is 0 Å². The van der Waals surface area contributed by atoms with Crippen molar-refractivity contribution in [3.8, 4) is 5.69 Å². The summed E-state index contributed by atoms with van der Waals surface area (Å²) in [4.78, 5) is 31.2. The summed E-state index contributed by atoms with van der Waals surface area (Å²) in [7, 11) is 0. The molecule has 3 aromatic rings. The van der Waals surface area contributed by atoms with Gasteiger partial charge in [-0.3, -0.25) is 9.59 Å². The van der Waals surface area contributed by atoms with Crippen molar-refractivity contribution >= 4 is 28.8 Å². The van der Waals surface area contributed by atoms with Gasteiger partial charge in [0.15, 0.2) is 10.8 Å². The van der Waals surface area contributed by atoms with Crippen LogP contribution in [0.15, 0.2) is 40.4 Å². The van der Waals surface area contributed by atoms with E-state index in [4.69, 9.17) is 4.74 Å². The number of nitrogens with zero attached hydrogens (tertiary/aromatic N) is 3. The molecule has 130 valence electrons. The fraction of sp³-hybridized carbons (Fsp3) is 0.294. The molecule has 0 aliphatic rings. The summed E-state index contributed by atoms with van der Waals surface area (Å²) >= 11 is 1.15. The summed E-state index contributed by atoms with van der Waals surface area (Å²) in [6.07, 6.45) is 1.49. The Balaban J connectivity index is 2.00. The van der Waals surface area contributed by atoms with Gasteiger partial charge < -0.3 is 9.72 Å². The van der Waals surface area contributed by atoms with E-state index in [2.05, 4.69) is 15.1 Å². The lowest BCUT2D eigenvalue weighted by atomic mass is 10.2. The van der Waals surface area contributed by atoms with Crippen LogP contribution in [0.25, 0.3) is 16.7 Å². The average molecular weight is 358 g/mol. The second-order valence-electron chi connectivity index (χ2n) is 5.51. The molecule has 0 aliphatic heterocycles. The number of carbonyl (C=O) groups is 1. The van der Waals surface area contributed by atoms with Crippen LogP contribution in [0.1, 0.15) is 19.4 Å². The van der Waals surface area contributed by atoms with Crippen molar-refractivity contribution in [2.24, 2.45) is 0 Å². The van der Waals surface area contributed by atoms with Crippen molar-refractivity contribution in [3.63, 3.8) is 0 Å². The molecule has 0 saturated carbocycles. The van der Waals surface area contributed by atoms with Gasteiger partial charge in [-0.2, -0.15) is 5.10 Å². The largest absolute Gasteiger partial charge is 0.465 e. The minimum absolute atomic E-state index is 0.290. The fourth-order valence-corrected chi connectivity index (χ4v) is 3.09. The third-order valence-corrected chi connectivity index (χ3v) is 4.56. The highest BCUT2D eigenvalue weighted by molar-refractivity contribution is 8.00. The van der Waals surface area contributed by atoms with Gasteiger partial charge in [0, 0.05) is 0 Å². The summed E-state index contributed by atoms with van der Waals surface area (Å²) in [6, 6.07) is 7.76. The Bertz CT molecular complexity index is 962. The van der Waals surface area contributed by atoms with Crippen LogP contribution in [-0.2, 0) is 9.53 Å². The highest BCUT2D eigenvalue weighted by Crippen LogP contribution is 2.22. The lowest BCUT2D eigenvalue weighted by Crippen LogP contribution is -2.18. The van der Waals surface area contributed by atoms with Crippen LogP contribution in [0.2, 0.25) is 0 Å². The van der Waals surface area contributed by atoms with Crippen LogP contribution in [-0.4, -0.2) is 37.6 Å². The van der Waals surface area contributed by atoms with Crippen LogP contribution in [0.4, 0.5) is 0 Å². The maximum atomic E-state index is 12.3. The first kappa shape index (κ1) is 17.2. The van der Waals surface area contributed by atoms with Gasteiger partial charge in [-0.1, -0.05) is 29.5 Å². The predicted octanol–water partition coefficient (Wildman–Crippen LogP) is 2.46. The number of nitrogens with one attached hydrogen (secondary N) is 1. The van der Waals surface area contributed by atoms with Crippen LogP contribution in [0, 0.1) is 6.92 Å². The molecule has 7 nitrogen and oxygen atoms in total. The number of H-pyrrole nitrogens is 1. The second kappa shape index (κ2) is 7.10. The Morgan fingerprint density at radius 2 is 2.08 bits per heavy atom. The van der Waals surface area contributed by atoms with Crippen LogP contribution < -0.4 is 5.56 Å². The van der Waals surface area contributed by atoms with E-state index in [1.165, 1.54) is 6.20 Å². The number of thioether (sulfide) groups is 1. The monoisotopic (exact) mass is 358 g/mol. The summed E-state index contributed by atoms with van der Waals surface area (Å²) < 4.78 is 6.60. The van der Waals surface area contributed by atoms with E-state index < -0.39 is 5.25 Å². The van der Waals surface area contributed by atoms with Gasteiger partial charge in [-0.25, -0.2) is 9.67 Å². The third kappa shape index (κ3) is 3.58. The number of carbonyl (C=O) groups excluding carboxylic acids is 1. The summed E-state index contributed by atoms with van der Waals surface area (Å²) in [6.45, 7) is 5.78. The number of ether oxygens (including phenoxy) is 1. The number of aromatic amines is 1. The fourth-order valence-electron chi connectivity index (χ4n) is 2.30. The topological polar surface area (TPSA) is 89.9 Å². The summed E-state index contributed by atoms with van der Waals surface area (Å²) in [5, 5.41) is 4.55. The molecule has 0 fully saturated rings. The lowest BCUT2D eigenvalue weighted by molar-refractivity contribution is -0.142. The smallest absolute Gasteiger partial charge is 0.319 e. The lowest BCUT2D eigenvalue weighted by Gasteiger charge is -2.09. The minimum atomic E-state index is -0.476. The first-order valence-corrected chi connectivity index (χ1v) is 8.76. The van der Waals surface area contributed by atoms with Gasteiger partial charge in [0.25, 0.3) is 5.56 Å². The second-order valence-corrected chi connectivity index (χ2v) is 6.84. The molecule has 1 N–H and O–H groups in total. The Kier molecular flexibility index (Phi) is 4.89. The summed E-state index contributed by atoms with van der Waals surface area (Å²) in [5.41, 5.74) is 2.10. The van der Waals surface area contributed by atoms with E-state index in [-0.39, 0.29) is 11.5 Å². The first-order valence-electron chi connectivity index (χ1n) is 7.88. The van der Waals surface area contributed by atoms with E-state index in [1.807, 2.05) is 31.2 Å². The number of aromatic nitrogens is 4. The van der Waals surface area contributed by atoms with Crippen molar-refractivity contribution in [3.05, 3.63) is 46.4 Å². The molecule has 1 aromatic carbocycles. The van der Waals surface area contributed by atoms with E-state index in [1.54, 1.807) is 18.5 Å². The molecule has 0 unspecified atom stereocenters. The molecule has 0 bridgehead atoms. The maximum absolute atomic E-state index is 12.3. The number of hydrogen-bond acceptors (Lipinski definition) is 6. The van der Waals surface area contributed by atoms with Gasteiger partial charge in [0.1, 0.15) is 10.6 Å². The zero-order valence-corrected chi connectivity index (χ0v) is 15.0. The Hall–Kier alpha value is -2.61. The molecular formula is C17H18N4O3S. The van der Waals surface area contributed by atoms with Crippen LogP contribution in [0.3, 0.4) is 0 Å². The average Bonchev–Trinajstić information content (AvgIpc) is 3.00. The molecule has 3 rings (SSSR count). The van der Waals surface area contributed by atoms with E-state index in [9.17, 15) is 9.59 Å². The minimum Gasteiger partial charge on any atom is -0.465 e. The molecule has 0 aliphatic carbocycles. The van der Waals surface area contributed by atoms with Crippen molar-refractivity contribution < 1.29 is 9.53 Å². The molecule has 0 radical (unpaired) electrons. The third-order valence-electron chi connectivity index (χ3n) is 3.60. The number of fused-ring (bicyclic) bond motifs is 1. The molecule has 0 amide bonds. The van der Waals surface area contributed by atoms with Crippen molar-refractivity contribution in [1.82, 2.24) is 19.7 Å². The standard InChI is InChI=1S/C17H18N4O3S/c1-4-24-16(23)11(3)25-17-19-14-13(15(22)20-17)9-18-21(14)12-7-5-10(2)6-8-12/h5-9,11H,4H2,1-3H3,(H,19,20,22)/t11-/m0/s1. The molecule has 2 aromatic heterocycles. The van der Waals surface area contributed by atoms with Crippen molar-refractivity contribution in [1.29, 1.82) is 0 Å². The number of esters is 1. The Labute approximate surface area is 148 Å². The van der Waals surface area contributed by atoms with E-state index in [0.29, 0.717) is 22.8 Å². The molecule has 2 heterocycles. The normalized spacial score (nSPS) is 12.3. The number of rotatable bonds is 5. The summed E-state index contributed by atoms with van der Waals surface area (Å²) in [5.74, 6) is -0.345. The molecule has 8 heteroatoms. The van der Waals surface area contributed by atoms with Gasteiger partial charge in [0.05, 0.1) is 18.5 Å². The number of hydrogen-bond donors (Lipinski definition) is 1. The Morgan fingerprint density at radius 3 is 2.76 bits per heavy atom. The quantitative estimate of drug-likeness (QED) is 0.428. The van der Waals surface area contributed by atoms with E-state index >= 15 is 0 Å². The Morgan fingerprint density at radius 1 is 1.36 bits per heavy atom. The molecule has 1 atom stereocenters. The highest BCUT2D eigenvalue weighted by Gasteiger charge is 2.19. The molecular weight excluding hydrogens is 340 g/mol. The SMILES string of the molecule is CCOC(=O)[C@H](C)Sc1nc2c(cnn2-c2ccc(C)cc2)c(=O)[nH]1. The van der Waals surface area contributed by atoms with Gasteiger partial charge in [0.2, 0.25) is 0 Å². The molecule has 25 heavy (non-hydrogen) atoms. The van der Waals surface area contributed by atoms with Crippen LogP contribution >= 0.6 is 11.8 Å². The highest BCUT2D eigenvalue weighted by atomic mass is 32.2. The zero-order valence-electron chi connectivity index (χ0n) is 14.1. The van der Waals surface area contributed by atoms with Crippen LogP contribution in [0.5, 0.6) is 0 Å².